The average Bonchev–Trinajstić information content (AvgIpc) is 2.42. The number of carbonyl (C=O) groups is 2. The van der Waals surface area contributed by atoms with Crippen molar-refractivity contribution in [2.24, 2.45) is 5.73 Å². The quantitative estimate of drug-likeness (QED) is 0.408. The summed E-state index contributed by atoms with van der Waals surface area (Å²) < 4.78 is 0. The first-order valence-corrected chi connectivity index (χ1v) is 6.71. The van der Waals surface area contributed by atoms with E-state index < -0.39 is 34.8 Å². The van der Waals surface area contributed by atoms with Crippen molar-refractivity contribution in [2.75, 3.05) is 0 Å². The van der Waals surface area contributed by atoms with E-state index >= 15 is 0 Å². The summed E-state index contributed by atoms with van der Waals surface area (Å²) in [6.07, 6.45) is -0.582. The maximum atomic E-state index is 12.1. The highest BCUT2D eigenvalue weighted by Crippen LogP contribution is 2.45. The number of phenolic OH excluding ortho intramolecular Hbond substituents is 2. The van der Waals surface area contributed by atoms with Crippen molar-refractivity contribution >= 4 is 11.6 Å². The zero-order chi connectivity index (χ0) is 16.4. The van der Waals surface area contributed by atoms with Gasteiger partial charge in [-0.3, -0.25) is 9.59 Å². The van der Waals surface area contributed by atoms with Crippen LogP contribution in [0, 0.1) is 0 Å². The van der Waals surface area contributed by atoms with Gasteiger partial charge in [0.1, 0.15) is 11.5 Å². The van der Waals surface area contributed by atoms with Gasteiger partial charge in [0.25, 0.3) is 0 Å². The molecular formula is C15H15NO6. The first-order chi connectivity index (χ1) is 10.1. The Hall–Kier alpha value is -2.38. The van der Waals surface area contributed by atoms with Gasteiger partial charge in [-0.25, -0.2) is 0 Å². The second-order valence-corrected chi connectivity index (χ2v) is 5.95. The molecule has 0 heterocycles. The minimum absolute atomic E-state index is 0.141. The normalized spacial score (nSPS) is 27.2. The van der Waals surface area contributed by atoms with Crippen molar-refractivity contribution in [1.29, 1.82) is 0 Å². The van der Waals surface area contributed by atoms with E-state index in [0.29, 0.717) is 0 Å². The number of Topliss-reactive ketones (excluding diaryl/α,β-unsaturated/α-hetero) is 1. The van der Waals surface area contributed by atoms with Gasteiger partial charge in [0.15, 0.2) is 5.78 Å². The third-order valence-corrected chi connectivity index (χ3v) is 4.33. The summed E-state index contributed by atoms with van der Waals surface area (Å²) in [5, 5.41) is 40.8. The van der Waals surface area contributed by atoms with Crippen LogP contribution in [0.25, 0.3) is 0 Å². The summed E-state index contributed by atoms with van der Waals surface area (Å²) in [7, 11) is 0. The molecule has 0 unspecified atom stereocenters. The molecule has 22 heavy (non-hydrogen) atoms. The van der Waals surface area contributed by atoms with Gasteiger partial charge in [0.2, 0.25) is 5.78 Å². The summed E-state index contributed by atoms with van der Waals surface area (Å²) in [6, 6.07) is 0. The lowest BCUT2D eigenvalue weighted by Gasteiger charge is -2.36. The third kappa shape index (κ3) is 1.76. The van der Waals surface area contributed by atoms with Crippen molar-refractivity contribution in [3.8, 4) is 11.5 Å². The topological polar surface area (TPSA) is 141 Å². The minimum Gasteiger partial charge on any atom is -0.507 e. The molecule has 0 aliphatic heterocycles. The Kier molecular flexibility index (Phi) is 2.85. The van der Waals surface area contributed by atoms with Gasteiger partial charge in [-0.15, -0.1) is 0 Å². The average molecular weight is 305 g/mol. The van der Waals surface area contributed by atoms with E-state index in [4.69, 9.17) is 5.73 Å². The van der Waals surface area contributed by atoms with Crippen LogP contribution in [0.3, 0.4) is 0 Å². The van der Waals surface area contributed by atoms with Crippen molar-refractivity contribution in [1.82, 2.24) is 0 Å². The molecule has 2 aliphatic carbocycles. The number of phenols is 2. The van der Waals surface area contributed by atoms with Crippen LogP contribution in [0.15, 0.2) is 11.8 Å². The molecule has 2 atom stereocenters. The number of aliphatic hydroxyl groups is 2. The molecule has 1 aromatic rings. The standard InChI is InChI=1S/C15H15NO6/c1-15(22)4-6-5(2-9(15)18)12(19)10-8(17)3-7(16)14(21)11(10)13(6)20/h3,9,18-20,22H,2,4,16H2,1H3/t9-,15+/m1/s1. The van der Waals surface area contributed by atoms with E-state index in [-0.39, 0.29) is 40.8 Å². The van der Waals surface area contributed by atoms with Crippen LogP contribution in [-0.2, 0) is 12.8 Å². The molecule has 0 radical (unpaired) electrons. The van der Waals surface area contributed by atoms with E-state index in [1.807, 2.05) is 0 Å². The number of aliphatic hydroxyl groups excluding tert-OH is 1. The van der Waals surface area contributed by atoms with Gasteiger partial charge in [0, 0.05) is 30.0 Å². The SMILES string of the molecule is C[C@]1(O)Cc2c(O)c3c(c(O)c2C[C@H]1O)C(=O)C=C(N)C3=O. The van der Waals surface area contributed by atoms with Crippen LogP contribution >= 0.6 is 0 Å². The van der Waals surface area contributed by atoms with Gasteiger partial charge >= 0.3 is 0 Å². The van der Waals surface area contributed by atoms with Crippen LogP contribution in [0.5, 0.6) is 11.5 Å². The molecule has 7 nitrogen and oxygen atoms in total. The molecule has 1 aromatic carbocycles. The molecule has 7 heteroatoms. The maximum Gasteiger partial charge on any atom is 0.213 e. The molecule has 0 fully saturated rings. The molecular weight excluding hydrogens is 290 g/mol. The molecule has 0 amide bonds. The molecule has 0 saturated carbocycles. The van der Waals surface area contributed by atoms with Crippen LogP contribution in [0.4, 0.5) is 0 Å². The first-order valence-electron chi connectivity index (χ1n) is 6.71. The Morgan fingerprint density at radius 2 is 1.77 bits per heavy atom. The number of nitrogens with two attached hydrogens (primary N) is 1. The number of allylic oxidation sites excluding steroid dienone is 2. The maximum absolute atomic E-state index is 12.1. The van der Waals surface area contributed by atoms with E-state index in [1.165, 1.54) is 6.92 Å². The number of aromatic hydroxyl groups is 2. The number of benzene rings is 1. The third-order valence-electron chi connectivity index (χ3n) is 4.33. The van der Waals surface area contributed by atoms with Gasteiger partial charge < -0.3 is 26.2 Å². The van der Waals surface area contributed by atoms with Crippen molar-refractivity contribution in [3.63, 3.8) is 0 Å². The summed E-state index contributed by atoms with van der Waals surface area (Å²) in [5.74, 6) is -2.38. The smallest absolute Gasteiger partial charge is 0.213 e. The predicted molar refractivity (Wildman–Crippen MR) is 74.7 cm³/mol. The Labute approximate surface area is 125 Å². The second kappa shape index (κ2) is 4.31. The molecule has 0 bridgehead atoms. The fourth-order valence-corrected chi connectivity index (χ4v) is 3.01. The molecule has 0 saturated heterocycles. The van der Waals surface area contributed by atoms with Gasteiger partial charge in [-0.2, -0.15) is 0 Å². The zero-order valence-electron chi connectivity index (χ0n) is 11.8. The molecule has 2 aliphatic rings. The zero-order valence-corrected chi connectivity index (χ0v) is 11.8. The lowest BCUT2D eigenvalue weighted by atomic mass is 9.75. The Morgan fingerprint density at radius 1 is 1.18 bits per heavy atom. The number of ketones is 2. The van der Waals surface area contributed by atoms with Crippen LogP contribution in [-0.4, -0.2) is 43.7 Å². The highest BCUT2D eigenvalue weighted by atomic mass is 16.3. The van der Waals surface area contributed by atoms with E-state index in [9.17, 15) is 30.0 Å². The lowest BCUT2D eigenvalue weighted by Crippen LogP contribution is -2.46. The van der Waals surface area contributed by atoms with Crippen LogP contribution < -0.4 is 5.73 Å². The highest BCUT2D eigenvalue weighted by molar-refractivity contribution is 6.26. The number of rotatable bonds is 0. The van der Waals surface area contributed by atoms with Crippen molar-refractivity contribution < 1.29 is 30.0 Å². The molecule has 0 spiro atoms. The molecule has 116 valence electrons. The van der Waals surface area contributed by atoms with Crippen molar-refractivity contribution in [2.45, 2.75) is 31.5 Å². The number of carbonyl (C=O) groups excluding carboxylic acids is 2. The first kappa shape index (κ1) is 14.6. The van der Waals surface area contributed by atoms with Gasteiger partial charge in [-0.05, 0) is 6.92 Å². The van der Waals surface area contributed by atoms with Crippen molar-refractivity contribution in [3.05, 3.63) is 34.0 Å². The fraction of sp³-hybridized carbons (Fsp3) is 0.333. The van der Waals surface area contributed by atoms with Gasteiger partial charge in [-0.1, -0.05) is 0 Å². The minimum atomic E-state index is -1.52. The predicted octanol–water partition coefficient (Wildman–Crippen LogP) is -0.470. The summed E-state index contributed by atoms with van der Waals surface area (Å²) in [5.41, 5.74) is 3.25. The second-order valence-electron chi connectivity index (χ2n) is 5.95. The van der Waals surface area contributed by atoms with Gasteiger partial charge in [0.05, 0.1) is 28.5 Å². The highest BCUT2D eigenvalue weighted by Gasteiger charge is 2.42. The summed E-state index contributed by atoms with van der Waals surface area (Å²) >= 11 is 0. The summed E-state index contributed by atoms with van der Waals surface area (Å²) in [6.45, 7) is 1.39. The van der Waals surface area contributed by atoms with E-state index in [2.05, 4.69) is 0 Å². The lowest BCUT2D eigenvalue weighted by molar-refractivity contribution is -0.0668. The van der Waals surface area contributed by atoms with Crippen LogP contribution in [0.2, 0.25) is 0 Å². The monoisotopic (exact) mass is 305 g/mol. The van der Waals surface area contributed by atoms with E-state index in [0.717, 1.165) is 6.08 Å². The molecule has 3 rings (SSSR count). The Balaban J connectivity index is 2.33. The molecule has 6 N–H and O–H groups in total. The number of fused-ring (bicyclic) bond motifs is 2. The largest absolute Gasteiger partial charge is 0.507 e. The van der Waals surface area contributed by atoms with Crippen LogP contribution in [0.1, 0.15) is 38.8 Å². The number of hydrogen-bond acceptors (Lipinski definition) is 7. The van der Waals surface area contributed by atoms with E-state index in [1.54, 1.807) is 0 Å². The summed E-state index contributed by atoms with van der Waals surface area (Å²) in [4.78, 5) is 24.1. The number of hydrogen-bond donors (Lipinski definition) is 5. The fourth-order valence-electron chi connectivity index (χ4n) is 3.01. The molecule has 0 aromatic heterocycles. The Morgan fingerprint density at radius 3 is 2.41 bits per heavy atom. The Bertz CT molecular complexity index is 762.